The van der Waals surface area contributed by atoms with E-state index in [0.29, 0.717) is 6.04 Å². The van der Waals surface area contributed by atoms with E-state index in [9.17, 15) is 0 Å². The summed E-state index contributed by atoms with van der Waals surface area (Å²) in [6.45, 7) is 3.60. The molecule has 0 radical (unpaired) electrons. The van der Waals surface area contributed by atoms with Gasteiger partial charge in [-0.05, 0) is 0 Å². The molecule has 0 aromatic heterocycles. The van der Waals surface area contributed by atoms with Crippen LogP contribution in [-0.2, 0) is 0 Å². The molecule has 1 aliphatic heterocycles. The Morgan fingerprint density at radius 2 is 2.55 bits per heavy atom. The maximum absolute atomic E-state index is 5.25. The SMILES string of the molecule is C#CC1NC(/C=C/C=C)CS1. The van der Waals surface area contributed by atoms with Gasteiger partial charge in [-0.25, -0.2) is 0 Å². The zero-order valence-corrected chi connectivity index (χ0v) is 7.10. The molecular weight excluding hydrogens is 154 g/mol. The number of allylic oxidation sites excluding steroid dienone is 2. The average Bonchev–Trinajstić information content (AvgIpc) is 2.48. The van der Waals surface area contributed by atoms with Gasteiger partial charge in [0.1, 0.15) is 5.37 Å². The fourth-order valence-electron chi connectivity index (χ4n) is 0.911. The quantitative estimate of drug-likeness (QED) is 0.490. The van der Waals surface area contributed by atoms with Crippen LogP contribution < -0.4 is 5.32 Å². The van der Waals surface area contributed by atoms with Crippen molar-refractivity contribution in [2.75, 3.05) is 5.75 Å². The largest absolute Gasteiger partial charge is 0.288 e. The van der Waals surface area contributed by atoms with Crippen LogP contribution in [0.25, 0.3) is 0 Å². The zero-order valence-electron chi connectivity index (χ0n) is 6.29. The summed E-state index contributed by atoms with van der Waals surface area (Å²) in [6, 6.07) is 0.416. The lowest BCUT2D eigenvalue weighted by atomic mass is 10.3. The van der Waals surface area contributed by atoms with Gasteiger partial charge in [-0.1, -0.05) is 30.7 Å². The summed E-state index contributed by atoms with van der Waals surface area (Å²) in [5.74, 6) is 3.72. The smallest absolute Gasteiger partial charge is 0.116 e. The molecule has 1 saturated heterocycles. The number of thioether (sulfide) groups is 1. The van der Waals surface area contributed by atoms with Crippen LogP contribution in [0.4, 0.5) is 0 Å². The number of hydrogen-bond acceptors (Lipinski definition) is 2. The van der Waals surface area contributed by atoms with Crippen LogP contribution in [0.1, 0.15) is 0 Å². The van der Waals surface area contributed by atoms with E-state index in [2.05, 4.69) is 23.9 Å². The number of rotatable bonds is 2. The van der Waals surface area contributed by atoms with Crippen LogP contribution in [0.15, 0.2) is 24.8 Å². The molecule has 0 saturated carbocycles. The maximum atomic E-state index is 5.25. The monoisotopic (exact) mass is 165 g/mol. The third kappa shape index (κ3) is 2.45. The molecule has 2 atom stereocenters. The van der Waals surface area contributed by atoms with Crippen molar-refractivity contribution in [2.24, 2.45) is 0 Å². The molecular formula is C9H11NS. The number of hydrogen-bond donors (Lipinski definition) is 1. The van der Waals surface area contributed by atoms with E-state index in [4.69, 9.17) is 6.42 Å². The van der Waals surface area contributed by atoms with E-state index < -0.39 is 0 Å². The van der Waals surface area contributed by atoms with Crippen molar-refractivity contribution in [3.63, 3.8) is 0 Å². The summed E-state index contributed by atoms with van der Waals surface area (Å²) in [5, 5.41) is 3.46. The molecule has 1 nitrogen and oxygen atoms in total. The summed E-state index contributed by atoms with van der Waals surface area (Å²) in [5.41, 5.74) is 0. The molecule has 0 aromatic rings. The summed E-state index contributed by atoms with van der Waals surface area (Å²) in [7, 11) is 0. The van der Waals surface area contributed by atoms with E-state index in [-0.39, 0.29) is 5.37 Å². The third-order valence-electron chi connectivity index (χ3n) is 1.44. The Balaban J connectivity index is 2.37. The standard InChI is InChI=1S/C9H11NS/c1-3-5-6-8-7-11-9(4-2)10-8/h2-3,5-6,8-10H,1,7H2/b6-5+. The van der Waals surface area contributed by atoms with Crippen molar-refractivity contribution in [1.82, 2.24) is 5.32 Å². The van der Waals surface area contributed by atoms with Crippen molar-refractivity contribution in [1.29, 1.82) is 0 Å². The van der Waals surface area contributed by atoms with Gasteiger partial charge in [0.05, 0.1) is 0 Å². The van der Waals surface area contributed by atoms with Crippen LogP contribution in [0.5, 0.6) is 0 Å². The second kappa shape index (κ2) is 4.27. The minimum atomic E-state index is 0.189. The Bertz CT molecular complexity index is 202. The second-order valence-electron chi connectivity index (χ2n) is 2.27. The molecule has 2 unspecified atom stereocenters. The molecule has 1 rings (SSSR count). The number of nitrogens with one attached hydrogen (secondary N) is 1. The molecule has 0 spiro atoms. The first kappa shape index (κ1) is 8.45. The van der Waals surface area contributed by atoms with Crippen molar-refractivity contribution in [3.8, 4) is 12.3 Å². The first-order valence-electron chi connectivity index (χ1n) is 3.50. The van der Waals surface area contributed by atoms with E-state index in [1.807, 2.05) is 6.08 Å². The Kier molecular flexibility index (Phi) is 3.28. The molecule has 1 aliphatic rings. The lowest BCUT2D eigenvalue weighted by Gasteiger charge is -2.02. The van der Waals surface area contributed by atoms with Crippen molar-refractivity contribution >= 4 is 11.8 Å². The normalized spacial score (nSPS) is 30.5. The highest BCUT2D eigenvalue weighted by Gasteiger charge is 2.19. The second-order valence-corrected chi connectivity index (χ2v) is 3.41. The Morgan fingerprint density at radius 1 is 1.73 bits per heavy atom. The van der Waals surface area contributed by atoms with Gasteiger partial charge in [0, 0.05) is 11.8 Å². The lowest BCUT2D eigenvalue weighted by molar-refractivity contribution is 0.709. The summed E-state index contributed by atoms with van der Waals surface area (Å²) < 4.78 is 0. The Hall–Kier alpha value is -0.650. The van der Waals surface area contributed by atoms with Gasteiger partial charge in [-0.2, -0.15) is 0 Å². The van der Waals surface area contributed by atoms with E-state index in [1.54, 1.807) is 17.8 Å². The molecule has 2 heteroatoms. The molecule has 0 amide bonds. The summed E-state index contributed by atoms with van der Waals surface area (Å²) in [6.07, 6.45) is 11.0. The third-order valence-corrected chi connectivity index (χ3v) is 2.60. The molecule has 58 valence electrons. The van der Waals surface area contributed by atoms with Crippen LogP contribution >= 0.6 is 11.8 Å². The molecule has 1 heterocycles. The van der Waals surface area contributed by atoms with Crippen LogP contribution in [0.2, 0.25) is 0 Å². The van der Waals surface area contributed by atoms with Gasteiger partial charge in [-0.3, -0.25) is 5.32 Å². The minimum absolute atomic E-state index is 0.189. The van der Waals surface area contributed by atoms with Crippen molar-refractivity contribution in [2.45, 2.75) is 11.4 Å². The predicted molar refractivity (Wildman–Crippen MR) is 51.3 cm³/mol. The molecule has 0 aliphatic carbocycles. The Labute approximate surface area is 71.9 Å². The highest BCUT2D eigenvalue weighted by atomic mass is 32.2. The fourth-order valence-corrected chi connectivity index (χ4v) is 1.88. The van der Waals surface area contributed by atoms with Crippen LogP contribution in [0, 0.1) is 12.3 Å². The molecule has 1 N–H and O–H groups in total. The van der Waals surface area contributed by atoms with Gasteiger partial charge in [0.2, 0.25) is 0 Å². The lowest BCUT2D eigenvalue weighted by Crippen LogP contribution is -2.26. The highest BCUT2D eigenvalue weighted by molar-refractivity contribution is 8.00. The summed E-state index contributed by atoms with van der Waals surface area (Å²) in [4.78, 5) is 0. The van der Waals surface area contributed by atoms with Gasteiger partial charge in [-0.15, -0.1) is 18.2 Å². The van der Waals surface area contributed by atoms with Gasteiger partial charge in [0.25, 0.3) is 0 Å². The molecule has 0 aromatic carbocycles. The van der Waals surface area contributed by atoms with Crippen LogP contribution in [-0.4, -0.2) is 17.2 Å². The molecule has 0 bridgehead atoms. The van der Waals surface area contributed by atoms with Crippen LogP contribution in [0.3, 0.4) is 0 Å². The molecule has 1 fully saturated rings. The first-order chi connectivity index (χ1) is 5.36. The zero-order chi connectivity index (χ0) is 8.10. The number of terminal acetylenes is 1. The summed E-state index contributed by atoms with van der Waals surface area (Å²) >= 11 is 1.77. The highest BCUT2D eigenvalue weighted by Crippen LogP contribution is 2.18. The molecule has 11 heavy (non-hydrogen) atoms. The minimum Gasteiger partial charge on any atom is -0.288 e. The van der Waals surface area contributed by atoms with Gasteiger partial charge in [0.15, 0.2) is 0 Å². The fraction of sp³-hybridized carbons (Fsp3) is 0.333. The van der Waals surface area contributed by atoms with E-state index >= 15 is 0 Å². The van der Waals surface area contributed by atoms with Crippen molar-refractivity contribution in [3.05, 3.63) is 24.8 Å². The van der Waals surface area contributed by atoms with E-state index in [1.165, 1.54) is 0 Å². The van der Waals surface area contributed by atoms with Crippen molar-refractivity contribution < 1.29 is 0 Å². The van der Waals surface area contributed by atoms with E-state index in [0.717, 1.165) is 5.75 Å². The Morgan fingerprint density at radius 3 is 3.09 bits per heavy atom. The average molecular weight is 165 g/mol. The van der Waals surface area contributed by atoms with Gasteiger partial charge < -0.3 is 0 Å². The maximum Gasteiger partial charge on any atom is 0.116 e. The first-order valence-corrected chi connectivity index (χ1v) is 4.54. The van der Waals surface area contributed by atoms with Gasteiger partial charge >= 0.3 is 0 Å². The predicted octanol–water partition coefficient (Wildman–Crippen LogP) is 1.39. The topological polar surface area (TPSA) is 12.0 Å².